The number of fused-ring (bicyclic) bond motifs is 2. The number of benzene rings is 4. The van der Waals surface area contributed by atoms with Gasteiger partial charge in [-0.25, -0.2) is 4.79 Å². The molecule has 50 heavy (non-hydrogen) atoms. The summed E-state index contributed by atoms with van der Waals surface area (Å²) in [5, 5.41) is 27.5. The summed E-state index contributed by atoms with van der Waals surface area (Å²) in [7, 11) is 0. The number of hydrogen-bond donors (Lipinski definition) is 2. The van der Waals surface area contributed by atoms with Gasteiger partial charge in [0.15, 0.2) is 0 Å². The summed E-state index contributed by atoms with van der Waals surface area (Å²) < 4.78 is 6.30. The zero-order chi connectivity index (χ0) is 34.6. The van der Waals surface area contributed by atoms with Crippen molar-refractivity contribution in [3.8, 4) is 28.2 Å². The van der Waals surface area contributed by atoms with Gasteiger partial charge in [0, 0.05) is 72.4 Å². The van der Waals surface area contributed by atoms with E-state index in [9.17, 15) is 19.8 Å². The van der Waals surface area contributed by atoms with Crippen molar-refractivity contribution in [1.29, 1.82) is 0 Å². The van der Waals surface area contributed by atoms with Crippen LogP contribution in [0.2, 0.25) is 5.02 Å². The Labute approximate surface area is 292 Å². The number of pyridine rings is 2. The van der Waals surface area contributed by atoms with Crippen molar-refractivity contribution in [3.63, 3.8) is 0 Å². The molecule has 0 radical (unpaired) electrons. The van der Waals surface area contributed by atoms with Crippen LogP contribution in [0.5, 0.6) is 5.75 Å². The predicted octanol–water partition coefficient (Wildman–Crippen LogP) is 7.59. The number of carbonyl (C=O) groups is 1. The van der Waals surface area contributed by atoms with Gasteiger partial charge in [0.2, 0.25) is 5.43 Å². The first kappa shape index (κ1) is 32.5. The monoisotopic (exact) mass is 681 g/mol. The molecule has 0 atom stereocenters. The third-order valence-electron chi connectivity index (χ3n) is 8.52. The number of carboxylic acids is 1. The fourth-order valence-electron chi connectivity index (χ4n) is 6.20. The van der Waals surface area contributed by atoms with Crippen LogP contribution in [0.4, 0.5) is 5.69 Å². The third-order valence-corrected chi connectivity index (χ3v) is 8.81. The molecule has 0 saturated carbocycles. The lowest BCUT2D eigenvalue weighted by molar-refractivity contribution is -0.269. The maximum atomic E-state index is 13.5. The summed E-state index contributed by atoms with van der Waals surface area (Å²) in [5.74, 6) is -1.20. The lowest BCUT2D eigenvalue weighted by atomic mass is 9.90. The number of hydrogen-bond acceptors (Lipinski definition) is 8. The number of aromatic carboxylic acids is 1. The number of para-hydroxylation sites is 1. The fraction of sp³-hybridized carbons (Fsp3) is 0.100. The maximum absolute atomic E-state index is 13.5. The number of aromatic nitrogens is 2. The molecule has 3 heterocycles. The molecule has 2 aliphatic rings. The van der Waals surface area contributed by atoms with Gasteiger partial charge < -0.3 is 19.9 Å². The summed E-state index contributed by atoms with van der Waals surface area (Å²) in [6, 6.07) is 32.0. The number of nitrogens with zero attached hydrogens (tertiary/aromatic N) is 3. The van der Waals surface area contributed by atoms with E-state index < -0.39 is 11.4 Å². The van der Waals surface area contributed by atoms with Gasteiger partial charge >= 0.3 is 5.97 Å². The number of anilines is 1. The van der Waals surface area contributed by atoms with Crippen molar-refractivity contribution >= 4 is 34.2 Å². The zero-order valence-corrected chi connectivity index (χ0v) is 27.4. The molecule has 7 rings (SSSR count). The Kier molecular flexibility index (Phi) is 9.24. The van der Waals surface area contributed by atoms with Gasteiger partial charge in [-0.15, -0.1) is 5.75 Å². The summed E-state index contributed by atoms with van der Waals surface area (Å²) in [4.78, 5) is 36.3. The molecule has 3 aromatic carbocycles. The Balaban J connectivity index is 1.28. The minimum atomic E-state index is -1.12. The Hall–Kier alpha value is -6.03. The molecule has 1 aliphatic heterocycles. The van der Waals surface area contributed by atoms with Crippen LogP contribution in [0.15, 0.2) is 131 Å². The van der Waals surface area contributed by atoms with Gasteiger partial charge in [0.05, 0.1) is 22.0 Å². The largest absolute Gasteiger partial charge is 0.872 e. The highest BCUT2D eigenvalue weighted by atomic mass is 35.5. The third kappa shape index (κ3) is 6.78. The normalized spacial score (nSPS) is 11.3. The van der Waals surface area contributed by atoms with E-state index in [1.165, 1.54) is 24.3 Å². The quantitative estimate of drug-likeness (QED) is 0.133. The number of rotatable bonds is 11. The molecule has 248 valence electrons. The first-order valence-corrected chi connectivity index (χ1v) is 16.3. The van der Waals surface area contributed by atoms with Crippen molar-refractivity contribution in [3.05, 3.63) is 165 Å². The van der Waals surface area contributed by atoms with Crippen LogP contribution in [0.3, 0.4) is 0 Å². The molecule has 0 amide bonds. The van der Waals surface area contributed by atoms with Gasteiger partial charge in [-0.05, 0) is 53.6 Å². The zero-order valence-electron chi connectivity index (χ0n) is 26.7. The fourth-order valence-corrected chi connectivity index (χ4v) is 6.37. The molecule has 5 aromatic rings. The smallest absolute Gasteiger partial charge is 0.336 e. The van der Waals surface area contributed by atoms with Crippen molar-refractivity contribution in [1.82, 2.24) is 14.9 Å². The number of halogens is 1. The molecule has 10 heteroatoms. The standard InChI is InChI=1S/C40H31ClN4O5/c41-33-19-31-37(20-36(33)47)50-39-30(38(31)28-12-2-3-13-29(28)40(48)49)15-16-35(46)32(39)21-44-34-14-4-1-9-25(34)22-45(23-26-10-5-7-17-42-26)24-27-11-6-8-18-43-27/h1-20,44,46H,21-24H2,(H,48,49)/p-1. The second-order valence-corrected chi connectivity index (χ2v) is 12.2. The Bertz CT molecular complexity index is 2310. The van der Waals surface area contributed by atoms with Crippen LogP contribution < -0.4 is 15.9 Å². The molecular weight excluding hydrogens is 652 g/mol. The van der Waals surface area contributed by atoms with E-state index in [1.807, 2.05) is 60.7 Å². The van der Waals surface area contributed by atoms with Gasteiger partial charge in [-0.3, -0.25) is 19.7 Å². The molecule has 1 aliphatic carbocycles. The van der Waals surface area contributed by atoms with Crippen LogP contribution in [-0.4, -0.2) is 25.9 Å². The minimum absolute atomic E-state index is 0.0276. The first-order chi connectivity index (χ1) is 24.4. The molecular formula is C40H30ClN4O5-. The Morgan fingerprint density at radius 2 is 1.50 bits per heavy atom. The Morgan fingerprint density at radius 1 is 0.820 bits per heavy atom. The molecule has 9 nitrogen and oxygen atoms in total. The van der Waals surface area contributed by atoms with E-state index in [2.05, 4.69) is 20.2 Å². The molecule has 0 fully saturated rings. The number of nitrogens with one attached hydrogen (secondary N) is 1. The lowest BCUT2D eigenvalue weighted by Gasteiger charge is -2.24. The molecule has 0 unspecified atom stereocenters. The molecule has 2 aromatic heterocycles. The van der Waals surface area contributed by atoms with E-state index in [0.29, 0.717) is 47.3 Å². The van der Waals surface area contributed by atoms with Gasteiger partial charge in [-0.1, -0.05) is 72.3 Å². The van der Waals surface area contributed by atoms with Gasteiger partial charge in [0.1, 0.15) is 11.3 Å². The van der Waals surface area contributed by atoms with Crippen LogP contribution in [0, 0.1) is 0 Å². The van der Waals surface area contributed by atoms with Crippen molar-refractivity contribution in [2.45, 2.75) is 26.2 Å². The minimum Gasteiger partial charge on any atom is -0.872 e. The number of carboxylic acid groups (broad SMARTS) is 1. The SMILES string of the molecule is O=C(O)c1ccccc1-c1c2cc(Cl)c(=O)cc-2oc2c(CNc3ccccc3CN(Cc3ccccn3)Cc3ccccn3)c([O-])ccc12. The second kappa shape index (κ2) is 14.2. The van der Waals surface area contributed by atoms with E-state index in [0.717, 1.165) is 22.6 Å². The predicted molar refractivity (Wildman–Crippen MR) is 191 cm³/mol. The van der Waals surface area contributed by atoms with E-state index in [-0.39, 0.29) is 34.2 Å². The molecule has 0 bridgehead atoms. The molecule has 0 saturated heterocycles. The highest BCUT2D eigenvalue weighted by Crippen LogP contribution is 2.44. The summed E-state index contributed by atoms with van der Waals surface area (Å²) in [5.41, 5.74) is 5.23. The summed E-state index contributed by atoms with van der Waals surface area (Å²) >= 11 is 6.28. The van der Waals surface area contributed by atoms with Crippen molar-refractivity contribution in [2.75, 3.05) is 5.32 Å². The average molecular weight is 682 g/mol. The van der Waals surface area contributed by atoms with Gasteiger partial charge in [0.25, 0.3) is 0 Å². The summed E-state index contributed by atoms with van der Waals surface area (Å²) in [6.45, 7) is 1.85. The summed E-state index contributed by atoms with van der Waals surface area (Å²) in [6.07, 6.45) is 3.56. The second-order valence-electron chi connectivity index (χ2n) is 11.8. The van der Waals surface area contributed by atoms with Crippen LogP contribution >= 0.6 is 11.6 Å². The lowest BCUT2D eigenvalue weighted by Crippen LogP contribution is -2.24. The van der Waals surface area contributed by atoms with Crippen molar-refractivity contribution < 1.29 is 19.4 Å². The van der Waals surface area contributed by atoms with Gasteiger partial charge in [-0.2, -0.15) is 0 Å². The van der Waals surface area contributed by atoms with Crippen LogP contribution in [0.25, 0.3) is 33.4 Å². The van der Waals surface area contributed by atoms with E-state index in [4.69, 9.17) is 16.0 Å². The van der Waals surface area contributed by atoms with Crippen LogP contribution in [0.1, 0.15) is 32.9 Å². The topological polar surface area (TPSA) is 132 Å². The Morgan fingerprint density at radius 3 is 2.20 bits per heavy atom. The van der Waals surface area contributed by atoms with E-state index >= 15 is 0 Å². The maximum Gasteiger partial charge on any atom is 0.336 e. The van der Waals surface area contributed by atoms with E-state index in [1.54, 1.807) is 36.7 Å². The first-order valence-electron chi connectivity index (χ1n) is 15.9. The average Bonchev–Trinajstić information content (AvgIpc) is 3.12. The highest BCUT2D eigenvalue weighted by Gasteiger charge is 2.24. The molecule has 2 N–H and O–H groups in total. The van der Waals surface area contributed by atoms with Crippen LogP contribution in [-0.2, 0) is 26.2 Å². The van der Waals surface area contributed by atoms with Crippen molar-refractivity contribution in [2.24, 2.45) is 0 Å². The molecule has 0 spiro atoms. The highest BCUT2D eigenvalue weighted by molar-refractivity contribution is 6.31.